The first-order valence-corrected chi connectivity index (χ1v) is 8.76. The third-order valence-electron chi connectivity index (χ3n) is 3.53. The van der Waals surface area contributed by atoms with Crippen LogP contribution < -0.4 is 10.9 Å². The lowest BCUT2D eigenvalue weighted by molar-refractivity contribution is -0.143. The van der Waals surface area contributed by atoms with Gasteiger partial charge in [0, 0.05) is 18.8 Å². The van der Waals surface area contributed by atoms with E-state index in [4.69, 9.17) is 0 Å². The summed E-state index contributed by atoms with van der Waals surface area (Å²) in [6, 6.07) is 2.26. The summed E-state index contributed by atoms with van der Waals surface area (Å²) in [7, 11) is 0. The van der Waals surface area contributed by atoms with E-state index < -0.39 is 17.4 Å². The normalized spacial score (nSPS) is 12.7. The van der Waals surface area contributed by atoms with E-state index >= 15 is 0 Å². The van der Waals surface area contributed by atoms with Crippen LogP contribution in [0.4, 0.5) is 0 Å². The number of hydrogen-bond acceptors (Lipinski definition) is 4. The summed E-state index contributed by atoms with van der Waals surface area (Å²) in [5.74, 6) is -0.773. The van der Waals surface area contributed by atoms with Crippen LogP contribution in [0.1, 0.15) is 25.8 Å². The molecule has 1 unspecified atom stereocenters. The third kappa shape index (κ3) is 5.74. The molecule has 0 aliphatic carbocycles. The van der Waals surface area contributed by atoms with Gasteiger partial charge in [0.25, 0.3) is 5.56 Å². The molecule has 0 fully saturated rings. The number of carbonyl (C=O) groups is 2. The number of aromatic nitrogens is 1. The Morgan fingerprint density at radius 2 is 2.04 bits per heavy atom. The average Bonchev–Trinajstić information content (AvgIpc) is 2.46. The maximum atomic E-state index is 12.4. The number of carboxylic acid groups (broad SMARTS) is 1. The fourth-order valence-corrected chi connectivity index (χ4v) is 2.59. The zero-order chi connectivity index (χ0) is 17.6. The minimum Gasteiger partial charge on any atom is -0.480 e. The first kappa shape index (κ1) is 19.3. The molecule has 0 aliphatic heterocycles. The Labute approximate surface area is 140 Å². The Balaban J connectivity index is 2.85. The van der Waals surface area contributed by atoms with Crippen LogP contribution in [0.3, 0.4) is 0 Å². The van der Waals surface area contributed by atoms with Gasteiger partial charge >= 0.3 is 5.97 Å². The molecule has 6 nitrogen and oxygen atoms in total. The van der Waals surface area contributed by atoms with Crippen molar-refractivity contribution in [2.45, 2.75) is 39.8 Å². The predicted molar refractivity (Wildman–Crippen MR) is 91.8 cm³/mol. The smallest absolute Gasteiger partial charge is 0.326 e. The Morgan fingerprint density at radius 1 is 1.39 bits per heavy atom. The number of carbonyl (C=O) groups excluding carboxylic acids is 1. The first-order valence-electron chi connectivity index (χ1n) is 7.37. The minimum atomic E-state index is -1.05. The number of pyridine rings is 1. The largest absolute Gasteiger partial charge is 0.480 e. The van der Waals surface area contributed by atoms with Crippen LogP contribution in [-0.4, -0.2) is 39.6 Å². The van der Waals surface area contributed by atoms with Gasteiger partial charge in [0.15, 0.2) is 0 Å². The summed E-state index contributed by atoms with van der Waals surface area (Å²) in [4.78, 5) is 35.6. The molecule has 7 heteroatoms. The van der Waals surface area contributed by atoms with Gasteiger partial charge in [-0.1, -0.05) is 6.07 Å². The topological polar surface area (TPSA) is 88.4 Å². The van der Waals surface area contributed by atoms with Crippen molar-refractivity contribution >= 4 is 23.6 Å². The van der Waals surface area contributed by atoms with E-state index in [0.29, 0.717) is 12.2 Å². The molecule has 1 atom stereocenters. The molecule has 0 saturated heterocycles. The first-order chi connectivity index (χ1) is 10.7. The molecule has 2 N–H and O–H groups in total. The summed E-state index contributed by atoms with van der Waals surface area (Å²) in [5, 5.41) is 11.8. The van der Waals surface area contributed by atoms with Gasteiger partial charge < -0.3 is 15.0 Å². The SMILES string of the molecule is CSCCC(NC(=O)C(C)(C)Cn1cc(C)ccc1=O)C(=O)O. The van der Waals surface area contributed by atoms with Crippen LogP contribution in [-0.2, 0) is 16.1 Å². The minimum absolute atomic E-state index is 0.186. The maximum Gasteiger partial charge on any atom is 0.326 e. The number of aryl methyl sites for hydroxylation is 1. The van der Waals surface area contributed by atoms with Crippen molar-refractivity contribution in [3.8, 4) is 0 Å². The van der Waals surface area contributed by atoms with Gasteiger partial charge in [-0.05, 0) is 44.8 Å². The monoisotopic (exact) mass is 340 g/mol. The molecule has 0 aliphatic rings. The van der Waals surface area contributed by atoms with E-state index in [0.717, 1.165) is 5.56 Å². The number of aliphatic carboxylic acids is 1. The molecule has 0 bridgehead atoms. The molecule has 1 aromatic rings. The summed E-state index contributed by atoms with van der Waals surface area (Å²) in [6.45, 7) is 5.45. The van der Waals surface area contributed by atoms with Crippen molar-refractivity contribution in [3.63, 3.8) is 0 Å². The second-order valence-electron chi connectivity index (χ2n) is 6.20. The van der Waals surface area contributed by atoms with Crippen LogP contribution in [0.5, 0.6) is 0 Å². The van der Waals surface area contributed by atoms with Gasteiger partial charge in [-0.15, -0.1) is 0 Å². The van der Waals surface area contributed by atoms with E-state index in [1.165, 1.54) is 22.4 Å². The molecule has 1 amide bonds. The molecule has 0 radical (unpaired) electrons. The van der Waals surface area contributed by atoms with E-state index in [1.54, 1.807) is 26.1 Å². The Kier molecular flexibility index (Phi) is 6.87. The second kappa shape index (κ2) is 8.19. The molecule has 1 heterocycles. The van der Waals surface area contributed by atoms with E-state index in [1.807, 2.05) is 13.2 Å². The number of rotatable bonds is 8. The van der Waals surface area contributed by atoms with Crippen LogP contribution in [0.15, 0.2) is 23.1 Å². The molecule has 1 aromatic heterocycles. The van der Waals surface area contributed by atoms with Crippen molar-refractivity contribution < 1.29 is 14.7 Å². The Hall–Kier alpha value is -1.76. The number of nitrogens with one attached hydrogen (secondary N) is 1. The van der Waals surface area contributed by atoms with Gasteiger partial charge in [0.1, 0.15) is 6.04 Å². The third-order valence-corrected chi connectivity index (χ3v) is 4.17. The van der Waals surface area contributed by atoms with Crippen molar-refractivity contribution in [1.82, 2.24) is 9.88 Å². The van der Waals surface area contributed by atoms with Crippen molar-refractivity contribution in [2.24, 2.45) is 5.41 Å². The average molecular weight is 340 g/mol. The number of hydrogen-bond donors (Lipinski definition) is 2. The molecule has 1 rings (SSSR count). The highest BCUT2D eigenvalue weighted by Gasteiger charge is 2.31. The molecular formula is C16H24N2O4S. The van der Waals surface area contributed by atoms with E-state index in [9.17, 15) is 19.5 Å². The summed E-state index contributed by atoms with van der Waals surface area (Å²) < 4.78 is 1.48. The second-order valence-corrected chi connectivity index (χ2v) is 7.19. The maximum absolute atomic E-state index is 12.4. The quantitative estimate of drug-likeness (QED) is 0.749. The summed E-state index contributed by atoms with van der Waals surface area (Å²) >= 11 is 1.53. The van der Waals surface area contributed by atoms with Crippen LogP contribution in [0, 0.1) is 12.3 Å². The van der Waals surface area contributed by atoms with Gasteiger partial charge in [-0.25, -0.2) is 4.79 Å². The lowest BCUT2D eigenvalue weighted by Crippen LogP contribution is -2.48. The molecule has 128 valence electrons. The summed E-state index contributed by atoms with van der Waals surface area (Å²) in [5.41, 5.74) is -0.164. The highest BCUT2D eigenvalue weighted by molar-refractivity contribution is 7.98. The van der Waals surface area contributed by atoms with Gasteiger partial charge in [-0.2, -0.15) is 11.8 Å². The highest BCUT2D eigenvalue weighted by atomic mass is 32.2. The molecule has 0 spiro atoms. The van der Waals surface area contributed by atoms with E-state index in [2.05, 4.69) is 5.32 Å². The van der Waals surface area contributed by atoms with Crippen molar-refractivity contribution in [1.29, 1.82) is 0 Å². The predicted octanol–water partition coefficient (Wildman–Crippen LogP) is 1.51. The zero-order valence-electron chi connectivity index (χ0n) is 14.0. The van der Waals surface area contributed by atoms with E-state index in [-0.39, 0.29) is 18.0 Å². The number of amides is 1. The molecular weight excluding hydrogens is 316 g/mol. The number of nitrogens with zero attached hydrogens (tertiary/aromatic N) is 1. The Morgan fingerprint density at radius 3 is 2.61 bits per heavy atom. The van der Waals surface area contributed by atoms with Gasteiger partial charge in [0.2, 0.25) is 5.91 Å². The van der Waals surface area contributed by atoms with Crippen LogP contribution in [0.2, 0.25) is 0 Å². The number of carboxylic acids is 1. The van der Waals surface area contributed by atoms with Crippen molar-refractivity contribution in [2.75, 3.05) is 12.0 Å². The molecule has 0 aromatic carbocycles. The standard InChI is InChI=1S/C16H24N2O4S/c1-11-5-6-13(19)18(9-11)10-16(2,3)15(22)17-12(14(20)21)7-8-23-4/h5-6,9,12H,7-8,10H2,1-4H3,(H,17,22)(H,20,21). The molecule has 23 heavy (non-hydrogen) atoms. The lowest BCUT2D eigenvalue weighted by atomic mass is 9.91. The fourth-order valence-electron chi connectivity index (χ4n) is 2.12. The van der Waals surface area contributed by atoms with Gasteiger partial charge in [-0.3, -0.25) is 9.59 Å². The highest BCUT2D eigenvalue weighted by Crippen LogP contribution is 2.18. The Bertz CT molecular complexity index is 625. The fraction of sp³-hybridized carbons (Fsp3) is 0.562. The van der Waals surface area contributed by atoms with Gasteiger partial charge in [0.05, 0.1) is 5.41 Å². The van der Waals surface area contributed by atoms with Crippen LogP contribution >= 0.6 is 11.8 Å². The lowest BCUT2D eigenvalue weighted by Gasteiger charge is -2.26. The summed E-state index contributed by atoms with van der Waals surface area (Å²) in [6.07, 6.45) is 3.94. The van der Waals surface area contributed by atoms with Crippen LogP contribution in [0.25, 0.3) is 0 Å². The van der Waals surface area contributed by atoms with Crippen molar-refractivity contribution in [3.05, 3.63) is 34.2 Å². The number of thioether (sulfide) groups is 1. The zero-order valence-corrected chi connectivity index (χ0v) is 14.8. The molecule has 0 saturated carbocycles.